The van der Waals surface area contributed by atoms with Crippen LogP contribution in [0.4, 0.5) is 5.69 Å². The Bertz CT molecular complexity index is 490. The molecule has 6 heteroatoms. The molecule has 1 heterocycles. The third kappa shape index (κ3) is 2.56. The molecule has 0 bridgehead atoms. The van der Waals surface area contributed by atoms with E-state index < -0.39 is 5.66 Å². The van der Waals surface area contributed by atoms with Gasteiger partial charge in [0.1, 0.15) is 5.66 Å². The minimum atomic E-state index is -0.523. The molecule has 4 N–H and O–H groups in total. The van der Waals surface area contributed by atoms with Crippen LogP contribution in [0.1, 0.15) is 19.4 Å². The minimum absolute atomic E-state index is 0. The summed E-state index contributed by atoms with van der Waals surface area (Å²) in [5.74, 6) is 0.585. The predicted molar refractivity (Wildman–Crippen MR) is 71.0 cm³/mol. The largest absolute Gasteiger partial charge is 1.00 e. The lowest BCUT2D eigenvalue weighted by Crippen LogP contribution is -3.00. The number of aryl methyl sites for hydroxylation is 1. The zero-order valence-corrected chi connectivity index (χ0v) is 11.4. The average Bonchev–Trinajstić information content (AvgIpc) is 2.18. The third-order valence-electron chi connectivity index (χ3n) is 2.69. The molecule has 0 amide bonds. The minimum Gasteiger partial charge on any atom is -1.00 e. The molecule has 0 saturated heterocycles. The van der Waals surface area contributed by atoms with Crippen molar-refractivity contribution in [3.05, 3.63) is 29.8 Å². The van der Waals surface area contributed by atoms with Crippen molar-refractivity contribution in [3.63, 3.8) is 0 Å². The first-order valence-corrected chi connectivity index (χ1v) is 5.46. The maximum absolute atomic E-state index is 5.93. The van der Waals surface area contributed by atoms with Gasteiger partial charge in [-0.2, -0.15) is 4.99 Å². The molecule has 0 unspecified atom stereocenters. The van der Waals surface area contributed by atoms with Gasteiger partial charge in [0.05, 0.1) is 0 Å². The predicted octanol–water partition coefficient (Wildman–Crippen LogP) is -1.82. The normalized spacial score (nSPS) is 17.6. The molecule has 0 atom stereocenters. The highest BCUT2D eigenvalue weighted by Gasteiger charge is 2.32. The lowest BCUT2D eigenvalue weighted by atomic mass is 10.1. The molecule has 0 saturated carbocycles. The van der Waals surface area contributed by atoms with Crippen LogP contribution in [-0.4, -0.2) is 17.6 Å². The number of nitrogens with zero attached hydrogens (tertiary/aromatic N) is 3. The molecule has 18 heavy (non-hydrogen) atoms. The summed E-state index contributed by atoms with van der Waals surface area (Å²) >= 11 is 0. The van der Waals surface area contributed by atoms with Crippen LogP contribution in [-0.2, 0) is 0 Å². The van der Waals surface area contributed by atoms with E-state index >= 15 is 0 Å². The molecule has 1 aliphatic rings. The van der Waals surface area contributed by atoms with Crippen molar-refractivity contribution in [2.45, 2.75) is 26.4 Å². The molecule has 0 aromatic heterocycles. The topological polar surface area (TPSA) is 80.0 Å². The van der Waals surface area contributed by atoms with Gasteiger partial charge in [-0.3, -0.25) is 4.90 Å². The summed E-state index contributed by atoms with van der Waals surface area (Å²) in [5, 5.41) is 0. The smallest absolute Gasteiger partial charge is 0.220 e. The number of hydrogen-bond donors (Lipinski definition) is 2. The second-order valence-corrected chi connectivity index (χ2v) is 4.61. The van der Waals surface area contributed by atoms with Gasteiger partial charge in [0.25, 0.3) is 0 Å². The summed E-state index contributed by atoms with van der Waals surface area (Å²) < 4.78 is 0. The van der Waals surface area contributed by atoms with E-state index in [0.29, 0.717) is 5.96 Å². The fourth-order valence-electron chi connectivity index (χ4n) is 1.95. The highest BCUT2D eigenvalue weighted by Crippen LogP contribution is 2.27. The van der Waals surface area contributed by atoms with Crippen molar-refractivity contribution >= 4 is 17.6 Å². The van der Waals surface area contributed by atoms with E-state index in [2.05, 4.69) is 9.98 Å². The first-order chi connectivity index (χ1) is 7.90. The van der Waals surface area contributed by atoms with Crippen molar-refractivity contribution in [3.8, 4) is 0 Å². The van der Waals surface area contributed by atoms with Crippen molar-refractivity contribution in [1.82, 2.24) is 0 Å². The number of rotatable bonds is 1. The number of benzene rings is 1. The van der Waals surface area contributed by atoms with Crippen LogP contribution in [0.25, 0.3) is 0 Å². The van der Waals surface area contributed by atoms with Crippen LogP contribution in [0.5, 0.6) is 0 Å². The van der Waals surface area contributed by atoms with E-state index in [0.717, 1.165) is 5.69 Å². The number of halogens is 1. The van der Waals surface area contributed by atoms with E-state index in [4.69, 9.17) is 11.5 Å². The molecule has 0 radical (unpaired) electrons. The van der Waals surface area contributed by atoms with Crippen molar-refractivity contribution in [2.24, 2.45) is 21.5 Å². The SMILES string of the molecule is Cc1ccc(N2C(N)=NC(N)=NC2(C)C)cc1.[Cl-]. The average molecular weight is 267 g/mol. The van der Waals surface area contributed by atoms with Gasteiger partial charge in [-0.1, -0.05) is 17.7 Å². The quantitative estimate of drug-likeness (QED) is 0.629. The molecule has 1 aromatic carbocycles. The first kappa shape index (κ1) is 14.3. The van der Waals surface area contributed by atoms with Crippen LogP contribution < -0.4 is 28.8 Å². The second kappa shape index (κ2) is 4.86. The van der Waals surface area contributed by atoms with E-state index in [-0.39, 0.29) is 18.4 Å². The van der Waals surface area contributed by atoms with Gasteiger partial charge in [0.15, 0.2) is 0 Å². The molecule has 1 aliphatic heterocycles. The number of guanidine groups is 2. The van der Waals surface area contributed by atoms with Gasteiger partial charge in [-0.25, -0.2) is 4.99 Å². The highest BCUT2D eigenvalue weighted by atomic mass is 35.5. The molecular formula is C12H17ClN5-. The summed E-state index contributed by atoms with van der Waals surface area (Å²) in [4.78, 5) is 10.2. The van der Waals surface area contributed by atoms with E-state index in [1.165, 1.54) is 5.56 Å². The van der Waals surface area contributed by atoms with Crippen LogP contribution in [0.15, 0.2) is 34.3 Å². The summed E-state index contributed by atoms with van der Waals surface area (Å²) in [6, 6.07) is 8.05. The molecule has 5 nitrogen and oxygen atoms in total. The third-order valence-corrected chi connectivity index (χ3v) is 2.69. The fraction of sp³-hybridized carbons (Fsp3) is 0.333. The van der Waals surface area contributed by atoms with Crippen molar-refractivity contribution in [1.29, 1.82) is 0 Å². The van der Waals surface area contributed by atoms with Crippen LogP contribution in [0.3, 0.4) is 0 Å². The molecule has 98 valence electrons. The maximum Gasteiger partial charge on any atom is 0.220 e. The highest BCUT2D eigenvalue weighted by molar-refractivity contribution is 6.05. The van der Waals surface area contributed by atoms with Crippen LogP contribution in [0, 0.1) is 6.92 Å². The zero-order valence-electron chi connectivity index (χ0n) is 10.7. The lowest BCUT2D eigenvalue weighted by Gasteiger charge is -2.38. The summed E-state index contributed by atoms with van der Waals surface area (Å²) in [7, 11) is 0. The molecule has 0 fully saturated rings. The Kier molecular flexibility index (Phi) is 3.86. The monoisotopic (exact) mass is 266 g/mol. The Morgan fingerprint density at radius 3 is 2.17 bits per heavy atom. The summed E-state index contributed by atoms with van der Waals surface area (Å²) in [6.45, 7) is 5.93. The molecule has 1 aromatic rings. The van der Waals surface area contributed by atoms with E-state index in [9.17, 15) is 0 Å². The Balaban J connectivity index is 0.00000162. The van der Waals surface area contributed by atoms with Gasteiger partial charge in [-0.05, 0) is 32.9 Å². The van der Waals surface area contributed by atoms with Gasteiger partial charge < -0.3 is 23.9 Å². The summed E-state index contributed by atoms with van der Waals surface area (Å²) in [6.07, 6.45) is 0. The maximum atomic E-state index is 5.93. The molecule has 2 rings (SSSR count). The molecule has 0 aliphatic carbocycles. The Labute approximate surface area is 113 Å². The Morgan fingerprint density at radius 2 is 1.67 bits per heavy atom. The van der Waals surface area contributed by atoms with Crippen molar-refractivity contribution < 1.29 is 12.4 Å². The number of anilines is 1. The fourth-order valence-corrected chi connectivity index (χ4v) is 1.95. The second-order valence-electron chi connectivity index (χ2n) is 4.61. The molecular weight excluding hydrogens is 250 g/mol. The van der Waals surface area contributed by atoms with Gasteiger partial charge >= 0.3 is 0 Å². The van der Waals surface area contributed by atoms with E-state index in [1.54, 1.807) is 0 Å². The van der Waals surface area contributed by atoms with Crippen LogP contribution >= 0.6 is 0 Å². The number of aliphatic imine (C=N–C) groups is 2. The lowest BCUT2D eigenvalue weighted by molar-refractivity contribution is -0.00000454. The summed E-state index contributed by atoms with van der Waals surface area (Å²) in [5.41, 5.74) is 13.2. The standard InChI is InChI=1S/C12H17N5.ClH/c1-8-4-6-9(7-5-8)17-11(14)15-10(13)16-12(17,2)3;/h4-7H,1-3H3,(H4,13,14,15,16);1H/p-1. The van der Waals surface area contributed by atoms with Gasteiger partial charge in [-0.15, -0.1) is 0 Å². The van der Waals surface area contributed by atoms with Crippen molar-refractivity contribution in [2.75, 3.05) is 4.90 Å². The number of hydrogen-bond acceptors (Lipinski definition) is 5. The Hall–Kier alpha value is -1.75. The van der Waals surface area contributed by atoms with E-state index in [1.807, 2.05) is 49.9 Å². The number of nitrogens with two attached hydrogens (primary N) is 2. The zero-order chi connectivity index (χ0) is 12.6. The Morgan fingerprint density at radius 1 is 1.11 bits per heavy atom. The van der Waals surface area contributed by atoms with Gasteiger partial charge in [0, 0.05) is 5.69 Å². The van der Waals surface area contributed by atoms with Gasteiger partial charge in [0.2, 0.25) is 11.9 Å². The first-order valence-electron chi connectivity index (χ1n) is 5.46. The van der Waals surface area contributed by atoms with Crippen LogP contribution in [0.2, 0.25) is 0 Å². The molecule has 0 spiro atoms.